The predicted molar refractivity (Wildman–Crippen MR) is 98.3 cm³/mol. The standard InChI is InChI=1S/C19H28N2O2S/c1-13(2)18(20-14-7-10-23-11-8-14)19(22)21-16-9-12-24-17-6-4-3-5-15(16)17/h3-6,13-14,16,18,20H,7-12H2,1-2H3,(H,21,22). The molecule has 1 aromatic carbocycles. The van der Waals surface area contributed by atoms with Crippen molar-refractivity contribution in [2.24, 2.45) is 5.92 Å². The number of rotatable bonds is 5. The Morgan fingerprint density at radius 3 is 2.71 bits per heavy atom. The quantitative estimate of drug-likeness (QED) is 0.858. The van der Waals surface area contributed by atoms with Crippen LogP contribution in [0.2, 0.25) is 0 Å². The van der Waals surface area contributed by atoms with Gasteiger partial charge in [0.25, 0.3) is 0 Å². The van der Waals surface area contributed by atoms with Gasteiger partial charge in [-0.05, 0) is 36.8 Å². The van der Waals surface area contributed by atoms with Crippen LogP contribution in [-0.2, 0) is 9.53 Å². The molecule has 132 valence electrons. The third-order valence-corrected chi connectivity index (χ3v) is 5.98. The molecule has 0 bridgehead atoms. The molecule has 1 saturated heterocycles. The second kappa shape index (κ2) is 8.37. The molecule has 2 aliphatic heterocycles. The van der Waals surface area contributed by atoms with E-state index < -0.39 is 0 Å². The van der Waals surface area contributed by atoms with Crippen molar-refractivity contribution in [2.45, 2.75) is 56.1 Å². The van der Waals surface area contributed by atoms with Gasteiger partial charge in [0.05, 0.1) is 12.1 Å². The van der Waals surface area contributed by atoms with Crippen molar-refractivity contribution in [1.82, 2.24) is 10.6 Å². The van der Waals surface area contributed by atoms with Gasteiger partial charge in [0.2, 0.25) is 5.91 Å². The van der Waals surface area contributed by atoms with Crippen LogP contribution in [0.3, 0.4) is 0 Å². The number of thioether (sulfide) groups is 1. The molecule has 2 unspecified atom stereocenters. The van der Waals surface area contributed by atoms with E-state index in [1.807, 2.05) is 11.8 Å². The Hall–Kier alpha value is -1.04. The Labute approximate surface area is 149 Å². The molecule has 24 heavy (non-hydrogen) atoms. The normalized spacial score (nSPS) is 22.9. The lowest BCUT2D eigenvalue weighted by Crippen LogP contribution is -2.53. The lowest BCUT2D eigenvalue weighted by atomic mass is 9.98. The first kappa shape index (κ1) is 17.8. The van der Waals surface area contributed by atoms with E-state index in [9.17, 15) is 4.79 Å². The Morgan fingerprint density at radius 2 is 1.96 bits per heavy atom. The van der Waals surface area contributed by atoms with Crippen molar-refractivity contribution < 1.29 is 9.53 Å². The summed E-state index contributed by atoms with van der Waals surface area (Å²) in [5.74, 6) is 1.45. The molecule has 0 aromatic heterocycles. The SMILES string of the molecule is CC(C)C(NC1CCOCC1)C(=O)NC1CCSc2ccccc21. The van der Waals surface area contributed by atoms with Crippen molar-refractivity contribution >= 4 is 17.7 Å². The molecule has 0 radical (unpaired) electrons. The summed E-state index contributed by atoms with van der Waals surface area (Å²) in [4.78, 5) is 14.2. The van der Waals surface area contributed by atoms with Crippen LogP contribution in [0.1, 0.15) is 44.7 Å². The molecule has 1 amide bonds. The maximum absolute atomic E-state index is 12.9. The largest absolute Gasteiger partial charge is 0.381 e. The van der Waals surface area contributed by atoms with Gasteiger partial charge in [0.1, 0.15) is 0 Å². The summed E-state index contributed by atoms with van der Waals surface area (Å²) >= 11 is 1.88. The van der Waals surface area contributed by atoms with Gasteiger partial charge in [-0.1, -0.05) is 32.0 Å². The summed E-state index contributed by atoms with van der Waals surface area (Å²) in [6.07, 6.45) is 2.97. The highest BCUT2D eigenvalue weighted by atomic mass is 32.2. The van der Waals surface area contributed by atoms with Crippen molar-refractivity contribution in [1.29, 1.82) is 0 Å². The minimum absolute atomic E-state index is 0.128. The van der Waals surface area contributed by atoms with E-state index in [2.05, 4.69) is 48.7 Å². The first-order valence-corrected chi connectivity index (χ1v) is 9.99. The van der Waals surface area contributed by atoms with Crippen LogP contribution in [0.25, 0.3) is 0 Å². The van der Waals surface area contributed by atoms with Gasteiger partial charge in [-0.25, -0.2) is 0 Å². The molecule has 3 rings (SSSR count). The van der Waals surface area contributed by atoms with Gasteiger partial charge in [-0.15, -0.1) is 11.8 Å². The van der Waals surface area contributed by atoms with E-state index >= 15 is 0 Å². The Kier molecular flexibility index (Phi) is 6.19. The molecule has 0 saturated carbocycles. The second-order valence-corrected chi connectivity index (χ2v) is 8.15. The highest BCUT2D eigenvalue weighted by Gasteiger charge is 2.29. The third kappa shape index (κ3) is 4.32. The number of benzene rings is 1. The molecule has 2 heterocycles. The lowest BCUT2D eigenvalue weighted by Gasteiger charge is -2.32. The molecular weight excluding hydrogens is 320 g/mol. The van der Waals surface area contributed by atoms with Crippen molar-refractivity contribution in [2.75, 3.05) is 19.0 Å². The Morgan fingerprint density at radius 1 is 1.21 bits per heavy atom. The molecule has 4 nitrogen and oxygen atoms in total. The molecule has 2 atom stereocenters. The van der Waals surface area contributed by atoms with Crippen molar-refractivity contribution in [3.05, 3.63) is 29.8 Å². The summed E-state index contributed by atoms with van der Waals surface area (Å²) in [5.41, 5.74) is 1.26. The third-order valence-electron chi connectivity index (χ3n) is 4.86. The molecule has 5 heteroatoms. The number of fused-ring (bicyclic) bond motifs is 1. The molecule has 1 aromatic rings. The topological polar surface area (TPSA) is 50.4 Å². The maximum atomic E-state index is 12.9. The van der Waals surface area contributed by atoms with Gasteiger partial charge in [0, 0.05) is 29.9 Å². The second-order valence-electron chi connectivity index (χ2n) is 7.01. The van der Waals surface area contributed by atoms with Crippen LogP contribution in [0.4, 0.5) is 0 Å². The fraction of sp³-hybridized carbons (Fsp3) is 0.632. The number of hydrogen-bond acceptors (Lipinski definition) is 4. The smallest absolute Gasteiger partial charge is 0.237 e. The van der Waals surface area contributed by atoms with Crippen molar-refractivity contribution in [3.63, 3.8) is 0 Å². The van der Waals surface area contributed by atoms with Gasteiger partial charge in [0.15, 0.2) is 0 Å². The number of carbonyl (C=O) groups is 1. The summed E-state index contributed by atoms with van der Waals surface area (Å²) < 4.78 is 5.42. The minimum Gasteiger partial charge on any atom is -0.381 e. The van der Waals surface area contributed by atoms with Gasteiger partial charge in [-0.3, -0.25) is 4.79 Å². The zero-order chi connectivity index (χ0) is 16.9. The van der Waals surface area contributed by atoms with E-state index in [0.29, 0.717) is 6.04 Å². The fourth-order valence-electron chi connectivity index (χ4n) is 3.44. The van der Waals surface area contributed by atoms with E-state index in [-0.39, 0.29) is 23.9 Å². The highest BCUT2D eigenvalue weighted by molar-refractivity contribution is 7.99. The fourth-order valence-corrected chi connectivity index (χ4v) is 4.57. The van der Waals surface area contributed by atoms with Crippen LogP contribution >= 0.6 is 11.8 Å². The lowest BCUT2D eigenvalue weighted by molar-refractivity contribution is -0.125. The number of hydrogen-bond donors (Lipinski definition) is 2. The summed E-state index contributed by atoms with van der Waals surface area (Å²) in [5, 5.41) is 6.87. The summed E-state index contributed by atoms with van der Waals surface area (Å²) in [6.45, 7) is 5.80. The van der Waals surface area contributed by atoms with Crippen LogP contribution in [0, 0.1) is 5.92 Å². The van der Waals surface area contributed by atoms with E-state index in [0.717, 1.165) is 38.2 Å². The first-order chi connectivity index (χ1) is 11.6. The molecular formula is C19H28N2O2S. The molecule has 1 fully saturated rings. The number of amides is 1. The molecule has 2 N–H and O–H groups in total. The van der Waals surface area contributed by atoms with E-state index in [1.54, 1.807) is 0 Å². The van der Waals surface area contributed by atoms with Crippen LogP contribution < -0.4 is 10.6 Å². The van der Waals surface area contributed by atoms with Gasteiger partial charge in [-0.2, -0.15) is 0 Å². The number of ether oxygens (including phenoxy) is 1. The number of carbonyl (C=O) groups excluding carboxylic acids is 1. The molecule has 0 spiro atoms. The van der Waals surface area contributed by atoms with Crippen LogP contribution in [0.5, 0.6) is 0 Å². The van der Waals surface area contributed by atoms with Crippen molar-refractivity contribution in [3.8, 4) is 0 Å². The van der Waals surface area contributed by atoms with Crippen LogP contribution in [0.15, 0.2) is 29.2 Å². The van der Waals surface area contributed by atoms with E-state index in [1.165, 1.54) is 10.5 Å². The van der Waals surface area contributed by atoms with Crippen LogP contribution in [-0.4, -0.2) is 37.0 Å². The Bertz CT molecular complexity index is 558. The Balaban J connectivity index is 1.65. The minimum atomic E-state index is -0.144. The average Bonchev–Trinajstić information content (AvgIpc) is 2.60. The number of nitrogens with one attached hydrogen (secondary N) is 2. The molecule has 2 aliphatic rings. The average molecular weight is 349 g/mol. The molecule has 0 aliphatic carbocycles. The monoisotopic (exact) mass is 348 g/mol. The van der Waals surface area contributed by atoms with E-state index in [4.69, 9.17) is 4.74 Å². The predicted octanol–water partition coefficient (Wildman–Crippen LogP) is 3.13. The maximum Gasteiger partial charge on any atom is 0.237 e. The first-order valence-electron chi connectivity index (χ1n) is 9.01. The van der Waals surface area contributed by atoms with Gasteiger partial charge < -0.3 is 15.4 Å². The highest BCUT2D eigenvalue weighted by Crippen LogP contribution is 2.35. The summed E-state index contributed by atoms with van der Waals surface area (Å²) in [7, 11) is 0. The summed E-state index contributed by atoms with van der Waals surface area (Å²) in [6, 6.07) is 8.79. The zero-order valence-corrected chi connectivity index (χ0v) is 15.4. The van der Waals surface area contributed by atoms with Gasteiger partial charge >= 0.3 is 0 Å². The zero-order valence-electron chi connectivity index (χ0n) is 14.6.